The van der Waals surface area contributed by atoms with Gasteiger partial charge in [0.15, 0.2) is 11.3 Å². The largest absolute Gasteiger partial charge is 0.374 e. The van der Waals surface area contributed by atoms with Gasteiger partial charge in [0.25, 0.3) is 12.3 Å². The number of benzene rings is 1. The highest BCUT2D eigenvalue weighted by Crippen LogP contribution is 2.37. The van der Waals surface area contributed by atoms with Gasteiger partial charge in [-0.15, -0.1) is 0 Å². The Labute approximate surface area is 367 Å². The van der Waals surface area contributed by atoms with Crippen LogP contribution in [0.2, 0.25) is 0 Å². The quantitative estimate of drug-likeness (QED) is 0.152. The lowest BCUT2D eigenvalue weighted by Gasteiger charge is -2.39. The minimum atomic E-state index is -2.87. The summed E-state index contributed by atoms with van der Waals surface area (Å²) < 4.78 is 46.7. The van der Waals surface area contributed by atoms with Crippen molar-refractivity contribution in [1.29, 1.82) is 0 Å². The number of hydrogen-bond donors (Lipinski definition) is 2. The zero-order chi connectivity index (χ0) is 44.2. The second-order valence-corrected chi connectivity index (χ2v) is 18.0. The molecule has 0 spiro atoms. The molecule has 17 nitrogen and oxygen atoms in total. The summed E-state index contributed by atoms with van der Waals surface area (Å²) in [6.45, 7) is 6.55. The number of para-hydroxylation sites is 1. The lowest BCUT2D eigenvalue weighted by molar-refractivity contribution is -0.135. The first-order valence-electron chi connectivity index (χ1n) is 22.3. The number of anilines is 2. The van der Waals surface area contributed by atoms with Crippen LogP contribution in [0.4, 0.5) is 20.3 Å². The zero-order valence-electron chi connectivity index (χ0n) is 35.8. The molecule has 336 valence electrons. The van der Waals surface area contributed by atoms with E-state index in [0.29, 0.717) is 34.8 Å². The number of fused-ring (bicyclic) bond motifs is 4. The number of aromatic nitrogens is 7. The van der Waals surface area contributed by atoms with Crippen molar-refractivity contribution >= 4 is 45.9 Å². The molecule has 2 N–H and O–H groups in total. The topological polar surface area (TPSA) is 175 Å². The summed E-state index contributed by atoms with van der Waals surface area (Å²) in [5, 5.41) is 13.6. The van der Waals surface area contributed by atoms with Crippen LogP contribution in [0.25, 0.3) is 16.7 Å². The molecule has 8 heterocycles. The number of ether oxygens (including phenoxy) is 2. The molecule has 5 fully saturated rings. The van der Waals surface area contributed by atoms with Gasteiger partial charge >= 0.3 is 5.69 Å². The summed E-state index contributed by atoms with van der Waals surface area (Å²) in [7, 11) is 1.66. The number of imide groups is 1. The molecule has 0 radical (unpaired) electrons. The maximum atomic E-state index is 14.3. The molecule has 19 heteroatoms. The summed E-state index contributed by atoms with van der Waals surface area (Å²) in [5.74, 6) is 6.42. The molecule has 4 saturated heterocycles. The van der Waals surface area contributed by atoms with Crippen LogP contribution in [-0.2, 0) is 26.1 Å². The van der Waals surface area contributed by atoms with E-state index < -0.39 is 30.0 Å². The van der Waals surface area contributed by atoms with Crippen molar-refractivity contribution in [3.63, 3.8) is 0 Å². The van der Waals surface area contributed by atoms with E-state index in [1.807, 2.05) is 18.2 Å². The highest BCUT2D eigenvalue weighted by molar-refractivity contribution is 6.08. The highest BCUT2D eigenvalue weighted by Gasteiger charge is 2.40. The number of carbonyl (C=O) groups excluding carboxylic acids is 3. The number of amides is 3. The Kier molecular flexibility index (Phi) is 11.3. The summed E-state index contributed by atoms with van der Waals surface area (Å²) in [5.41, 5.74) is 1.62. The fraction of sp³-hybridized carbons (Fsp3) is 0.533. The molecule has 1 aliphatic carbocycles. The van der Waals surface area contributed by atoms with Crippen molar-refractivity contribution < 1.29 is 32.6 Å². The van der Waals surface area contributed by atoms with Gasteiger partial charge in [-0.05, 0) is 75.0 Å². The van der Waals surface area contributed by atoms with Gasteiger partial charge in [0.1, 0.15) is 24.0 Å². The minimum Gasteiger partial charge on any atom is -0.374 e. The molecule has 5 aliphatic rings. The van der Waals surface area contributed by atoms with Gasteiger partial charge in [0.05, 0.1) is 59.4 Å². The summed E-state index contributed by atoms with van der Waals surface area (Å²) in [6, 6.07) is 6.73. The molecule has 4 aliphatic heterocycles. The van der Waals surface area contributed by atoms with E-state index in [2.05, 4.69) is 49.4 Å². The maximum Gasteiger partial charge on any atom is 0.329 e. The number of aryl methyl sites for hydroxylation is 1. The number of imidazole rings is 1. The molecule has 3 amide bonds. The van der Waals surface area contributed by atoms with Crippen LogP contribution in [0.5, 0.6) is 0 Å². The number of nitrogens with zero attached hydrogens (tertiary/aromatic N) is 9. The summed E-state index contributed by atoms with van der Waals surface area (Å²) in [4.78, 5) is 60.6. The number of likely N-dealkylation sites (tertiary alicyclic amines) is 1. The summed E-state index contributed by atoms with van der Waals surface area (Å²) >= 11 is 0. The number of nitrogens with one attached hydrogen (secondary N) is 2. The average molecular weight is 880 g/mol. The molecule has 1 aromatic carbocycles. The van der Waals surface area contributed by atoms with Crippen LogP contribution in [0.15, 0.2) is 47.7 Å². The molecule has 2 bridgehead atoms. The number of rotatable bonds is 10. The smallest absolute Gasteiger partial charge is 0.329 e. The van der Waals surface area contributed by atoms with E-state index >= 15 is 0 Å². The first-order valence-corrected chi connectivity index (χ1v) is 22.3. The van der Waals surface area contributed by atoms with Gasteiger partial charge in [-0.25, -0.2) is 23.1 Å². The van der Waals surface area contributed by atoms with Crippen molar-refractivity contribution in [2.45, 2.75) is 95.0 Å². The lowest BCUT2D eigenvalue weighted by Crippen LogP contribution is -2.45. The predicted octanol–water partition coefficient (Wildman–Crippen LogP) is 4.23. The van der Waals surface area contributed by atoms with Crippen LogP contribution in [0.3, 0.4) is 0 Å². The molecular weight excluding hydrogens is 829 g/mol. The second kappa shape index (κ2) is 17.2. The zero-order valence-corrected chi connectivity index (χ0v) is 35.8. The van der Waals surface area contributed by atoms with Gasteiger partial charge in [-0.3, -0.25) is 33.5 Å². The standard InChI is InChI=1S/C45H51F2N11O6/c1-26-21-54(16-14-36(26)63-18-4-6-28-5-3-7-34-40(28)53(2)45(62)58(34)35-12-13-38(59)51-44(35)61)22-27-8-10-29(11-9-27)57-24-33(39(52-57)41(46)47)49-43(60)32-20-48-56-17-15-37(50-42(32)56)55-23-31-19-30(55)25-64-31/h3,5,7,15,17,20,24,26-27,29-31,35-36,41H,8-14,16,18-19,21-23,25H2,1-2H3,(H,49,60)(H,51,59,61)/t26-,27?,29?,30+,31+,35?,36-/m1/s1. The maximum absolute atomic E-state index is 14.3. The van der Waals surface area contributed by atoms with Crippen molar-refractivity contribution in [2.75, 3.05) is 49.6 Å². The van der Waals surface area contributed by atoms with E-state index in [0.717, 1.165) is 70.5 Å². The average Bonchev–Trinajstić information content (AvgIpc) is 4.13. The van der Waals surface area contributed by atoms with Crippen LogP contribution >= 0.6 is 0 Å². The fourth-order valence-corrected chi connectivity index (χ4v) is 10.5. The molecule has 4 aromatic heterocycles. The Bertz CT molecular complexity index is 2740. The van der Waals surface area contributed by atoms with E-state index in [-0.39, 0.29) is 72.5 Å². The minimum absolute atomic E-state index is 0.0114. The van der Waals surface area contributed by atoms with Crippen LogP contribution < -0.4 is 21.2 Å². The first-order chi connectivity index (χ1) is 31.0. The molecule has 5 aromatic rings. The van der Waals surface area contributed by atoms with Gasteiger partial charge < -0.3 is 24.6 Å². The molecule has 10 rings (SSSR count). The Balaban J connectivity index is 0.711. The first kappa shape index (κ1) is 42.0. The SMILES string of the molecule is C[C@@H]1CN(CC2CCC(n3cc(NC(=O)c4cnn5ccc(N6C[C@@H]7C[C@H]6CO7)nc45)c(C(F)F)n3)CC2)CC[C@H]1OCC#Cc1cccc2c1n(C)c(=O)n2C1CCC(=O)NC1=O. The van der Waals surface area contributed by atoms with E-state index in [1.54, 1.807) is 24.0 Å². The third-order valence-electron chi connectivity index (χ3n) is 13.8. The van der Waals surface area contributed by atoms with Crippen molar-refractivity contribution in [1.82, 2.24) is 43.7 Å². The van der Waals surface area contributed by atoms with Crippen molar-refractivity contribution in [3.8, 4) is 11.8 Å². The van der Waals surface area contributed by atoms with Gasteiger partial charge in [0, 0.05) is 52.0 Å². The molecule has 1 unspecified atom stereocenters. The lowest BCUT2D eigenvalue weighted by atomic mass is 9.85. The Morgan fingerprint density at radius 2 is 1.92 bits per heavy atom. The molecule has 5 atom stereocenters. The van der Waals surface area contributed by atoms with Crippen LogP contribution in [0.1, 0.15) is 98.4 Å². The molecule has 64 heavy (non-hydrogen) atoms. The van der Waals surface area contributed by atoms with Crippen molar-refractivity contribution in [3.05, 3.63) is 70.2 Å². The number of piperidine rings is 2. The normalized spacial score (nSPS) is 26.2. The number of hydrogen-bond acceptors (Lipinski definition) is 11. The van der Waals surface area contributed by atoms with Crippen LogP contribution in [-0.4, -0.2) is 114 Å². The second-order valence-electron chi connectivity index (χ2n) is 18.0. The van der Waals surface area contributed by atoms with Crippen LogP contribution in [0, 0.1) is 23.7 Å². The van der Waals surface area contributed by atoms with Gasteiger partial charge in [0.2, 0.25) is 11.8 Å². The monoisotopic (exact) mass is 879 g/mol. The number of halogens is 2. The van der Waals surface area contributed by atoms with Crippen molar-refractivity contribution in [2.24, 2.45) is 18.9 Å². The van der Waals surface area contributed by atoms with E-state index in [1.165, 1.54) is 26.0 Å². The van der Waals surface area contributed by atoms with Gasteiger partial charge in [-0.1, -0.05) is 24.8 Å². The summed E-state index contributed by atoms with van der Waals surface area (Å²) in [6.07, 6.45) is 7.77. The number of carbonyl (C=O) groups is 3. The fourth-order valence-electron chi connectivity index (χ4n) is 10.5. The highest BCUT2D eigenvalue weighted by atomic mass is 19.3. The Morgan fingerprint density at radius 3 is 2.67 bits per heavy atom. The molecule has 1 saturated carbocycles. The van der Waals surface area contributed by atoms with E-state index in [9.17, 15) is 28.0 Å². The molecular formula is C45H51F2N11O6. The number of alkyl halides is 2. The third kappa shape index (κ3) is 7.96. The predicted molar refractivity (Wildman–Crippen MR) is 230 cm³/mol. The Hall–Kier alpha value is -5.97. The Morgan fingerprint density at radius 1 is 1.08 bits per heavy atom. The number of morpholine rings is 1. The van der Waals surface area contributed by atoms with E-state index in [4.69, 9.17) is 14.5 Å². The van der Waals surface area contributed by atoms with Gasteiger partial charge in [-0.2, -0.15) is 10.2 Å². The third-order valence-corrected chi connectivity index (χ3v) is 13.8.